The molecule has 1 aromatic heterocycles. The van der Waals surface area contributed by atoms with E-state index in [0.717, 1.165) is 18.5 Å². The van der Waals surface area contributed by atoms with E-state index >= 15 is 0 Å². The first-order valence-corrected chi connectivity index (χ1v) is 5.90. The summed E-state index contributed by atoms with van der Waals surface area (Å²) in [5.74, 6) is 0. The van der Waals surface area contributed by atoms with Gasteiger partial charge in [-0.25, -0.2) is 0 Å². The standard InChI is InChI=1S/C12H18F3NO2/c1-2-4-16-11(6-10-3-5-17-7-10)8-18-9-12(13,14)15/h3,5,7,11,16H,2,4,6,8-9H2,1H3. The third-order valence-corrected chi connectivity index (χ3v) is 2.33. The molecule has 1 unspecified atom stereocenters. The number of rotatable bonds is 8. The van der Waals surface area contributed by atoms with E-state index in [1.54, 1.807) is 18.6 Å². The summed E-state index contributed by atoms with van der Waals surface area (Å²) >= 11 is 0. The molecule has 18 heavy (non-hydrogen) atoms. The molecule has 1 rings (SSSR count). The van der Waals surface area contributed by atoms with Gasteiger partial charge in [0.15, 0.2) is 0 Å². The highest BCUT2D eigenvalue weighted by Gasteiger charge is 2.27. The summed E-state index contributed by atoms with van der Waals surface area (Å²) in [6.45, 7) is 1.57. The molecule has 1 N–H and O–H groups in total. The van der Waals surface area contributed by atoms with Crippen molar-refractivity contribution in [3.8, 4) is 0 Å². The van der Waals surface area contributed by atoms with Crippen molar-refractivity contribution >= 4 is 0 Å². The molecule has 0 aromatic carbocycles. The Morgan fingerprint density at radius 1 is 1.44 bits per heavy atom. The lowest BCUT2D eigenvalue weighted by atomic mass is 10.1. The second kappa shape index (κ2) is 7.43. The minimum Gasteiger partial charge on any atom is -0.472 e. The Morgan fingerprint density at radius 3 is 2.78 bits per heavy atom. The van der Waals surface area contributed by atoms with Crippen molar-refractivity contribution in [3.63, 3.8) is 0 Å². The molecule has 1 aromatic rings. The van der Waals surface area contributed by atoms with E-state index in [1.165, 1.54) is 0 Å². The summed E-state index contributed by atoms with van der Waals surface area (Å²) in [6, 6.07) is 1.66. The molecule has 104 valence electrons. The second-order valence-electron chi connectivity index (χ2n) is 4.12. The van der Waals surface area contributed by atoms with E-state index in [2.05, 4.69) is 10.1 Å². The molecule has 0 aliphatic rings. The third kappa shape index (κ3) is 6.66. The van der Waals surface area contributed by atoms with Crippen LogP contribution in [0.2, 0.25) is 0 Å². The van der Waals surface area contributed by atoms with Crippen molar-refractivity contribution in [2.24, 2.45) is 0 Å². The largest absolute Gasteiger partial charge is 0.472 e. The van der Waals surface area contributed by atoms with Crippen LogP contribution in [0.15, 0.2) is 23.0 Å². The van der Waals surface area contributed by atoms with E-state index in [0.29, 0.717) is 6.42 Å². The third-order valence-electron chi connectivity index (χ3n) is 2.33. The van der Waals surface area contributed by atoms with Crippen molar-refractivity contribution in [1.29, 1.82) is 0 Å². The second-order valence-corrected chi connectivity index (χ2v) is 4.12. The summed E-state index contributed by atoms with van der Waals surface area (Å²) in [5, 5.41) is 3.16. The molecule has 1 atom stereocenters. The van der Waals surface area contributed by atoms with Gasteiger partial charge in [0.25, 0.3) is 0 Å². The van der Waals surface area contributed by atoms with E-state index in [9.17, 15) is 13.2 Å². The highest BCUT2D eigenvalue weighted by molar-refractivity contribution is 5.07. The first kappa shape index (κ1) is 15.0. The van der Waals surface area contributed by atoms with Crippen LogP contribution in [0.1, 0.15) is 18.9 Å². The molecule has 0 bridgehead atoms. The number of alkyl halides is 3. The van der Waals surface area contributed by atoms with Crippen LogP contribution in [0.3, 0.4) is 0 Å². The minimum atomic E-state index is -4.27. The Labute approximate surface area is 104 Å². The fourth-order valence-corrected chi connectivity index (χ4v) is 1.55. The Morgan fingerprint density at radius 2 is 2.22 bits per heavy atom. The number of ether oxygens (including phenoxy) is 1. The number of hydrogen-bond acceptors (Lipinski definition) is 3. The molecule has 0 saturated heterocycles. The van der Waals surface area contributed by atoms with Crippen LogP contribution in [0.5, 0.6) is 0 Å². The molecule has 3 nitrogen and oxygen atoms in total. The van der Waals surface area contributed by atoms with Gasteiger partial charge in [0.05, 0.1) is 19.1 Å². The van der Waals surface area contributed by atoms with Crippen LogP contribution in [0.4, 0.5) is 13.2 Å². The van der Waals surface area contributed by atoms with Gasteiger partial charge in [0, 0.05) is 6.04 Å². The van der Waals surface area contributed by atoms with Crippen molar-refractivity contribution in [2.75, 3.05) is 19.8 Å². The van der Waals surface area contributed by atoms with Crippen LogP contribution in [0, 0.1) is 0 Å². The predicted molar refractivity (Wildman–Crippen MR) is 61.4 cm³/mol. The minimum absolute atomic E-state index is 0.0324. The maximum absolute atomic E-state index is 12.0. The molecule has 1 heterocycles. The van der Waals surface area contributed by atoms with Crippen LogP contribution in [-0.2, 0) is 11.2 Å². The van der Waals surface area contributed by atoms with Gasteiger partial charge in [-0.05, 0) is 31.0 Å². The highest BCUT2D eigenvalue weighted by Crippen LogP contribution is 2.15. The quantitative estimate of drug-likeness (QED) is 0.785. The maximum Gasteiger partial charge on any atom is 0.411 e. The van der Waals surface area contributed by atoms with Crippen LogP contribution in [-0.4, -0.2) is 32.0 Å². The first-order chi connectivity index (χ1) is 8.51. The van der Waals surface area contributed by atoms with Gasteiger partial charge in [-0.2, -0.15) is 13.2 Å². The van der Waals surface area contributed by atoms with Gasteiger partial charge in [-0.1, -0.05) is 6.92 Å². The lowest BCUT2D eigenvalue weighted by Crippen LogP contribution is -2.37. The molecule has 0 spiro atoms. The number of halogens is 3. The van der Waals surface area contributed by atoms with Crippen LogP contribution in [0.25, 0.3) is 0 Å². The molecule has 0 amide bonds. The molecule has 0 fully saturated rings. The summed E-state index contributed by atoms with van der Waals surface area (Å²) in [4.78, 5) is 0. The first-order valence-electron chi connectivity index (χ1n) is 5.90. The van der Waals surface area contributed by atoms with Crippen LogP contribution >= 0.6 is 0 Å². The van der Waals surface area contributed by atoms with Gasteiger partial charge in [0.1, 0.15) is 6.61 Å². The van der Waals surface area contributed by atoms with Gasteiger partial charge in [-0.3, -0.25) is 0 Å². The zero-order valence-electron chi connectivity index (χ0n) is 10.3. The number of furan rings is 1. The Kier molecular flexibility index (Phi) is 6.21. The average Bonchev–Trinajstić information content (AvgIpc) is 2.76. The summed E-state index contributed by atoms with van der Waals surface area (Å²) in [5.41, 5.74) is 0.944. The van der Waals surface area contributed by atoms with E-state index < -0.39 is 12.8 Å². The zero-order chi connectivity index (χ0) is 13.4. The van der Waals surface area contributed by atoms with E-state index in [1.807, 2.05) is 6.92 Å². The molecular weight excluding hydrogens is 247 g/mol. The van der Waals surface area contributed by atoms with Gasteiger partial charge in [0.2, 0.25) is 0 Å². The normalized spacial score (nSPS) is 13.8. The number of hydrogen-bond donors (Lipinski definition) is 1. The smallest absolute Gasteiger partial charge is 0.411 e. The molecule has 0 aliphatic carbocycles. The summed E-state index contributed by atoms with van der Waals surface area (Å²) < 4.78 is 45.5. The average molecular weight is 265 g/mol. The highest BCUT2D eigenvalue weighted by atomic mass is 19.4. The van der Waals surface area contributed by atoms with Crippen molar-refractivity contribution in [3.05, 3.63) is 24.2 Å². The maximum atomic E-state index is 12.0. The van der Waals surface area contributed by atoms with Crippen LogP contribution < -0.4 is 5.32 Å². The summed E-state index contributed by atoms with van der Waals surface area (Å²) in [6.07, 6.45) is 0.369. The monoisotopic (exact) mass is 265 g/mol. The van der Waals surface area contributed by atoms with Crippen molar-refractivity contribution in [1.82, 2.24) is 5.32 Å². The van der Waals surface area contributed by atoms with Gasteiger partial charge in [-0.15, -0.1) is 0 Å². The lowest BCUT2D eigenvalue weighted by molar-refractivity contribution is -0.175. The van der Waals surface area contributed by atoms with E-state index in [4.69, 9.17) is 4.42 Å². The fraction of sp³-hybridized carbons (Fsp3) is 0.667. The Bertz CT molecular complexity index is 312. The fourth-order valence-electron chi connectivity index (χ4n) is 1.55. The predicted octanol–water partition coefficient (Wildman–Crippen LogP) is 2.77. The molecule has 0 aliphatic heterocycles. The van der Waals surface area contributed by atoms with Crippen molar-refractivity contribution < 1.29 is 22.3 Å². The zero-order valence-corrected chi connectivity index (χ0v) is 10.3. The van der Waals surface area contributed by atoms with Gasteiger partial charge >= 0.3 is 6.18 Å². The van der Waals surface area contributed by atoms with E-state index in [-0.39, 0.29) is 12.6 Å². The Hall–Kier alpha value is -1.01. The van der Waals surface area contributed by atoms with Crippen molar-refractivity contribution in [2.45, 2.75) is 32.0 Å². The molecular formula is C12H18F3NO2. The van der Waals surface area contributed by atoms with Gasteiger partial charge < -0.3 is 14.5 Å². The molecule has 0 saturated carbocycles. The molecule has 6 heteroatoms. The number of nitrogens with one attached hydrogen (secondary N) is 1. The SMILES string of the molecule is CCCNC(COCC(F)(F)F)Cc1ccoc1. The molecule has 0 radical (unpaired) electrons. The Balaban J connectivity index is 2.35. The summed E-state index contributed by atoms with van der Waals surface area (Å²) in [7, 11) is 0. The lowest BCUT2D eigenvalue weighted by Gasteiger charge is -2.18. The topological polar surface area (TPSA) is 34.4 Å².